The van der Waals surface area contributed by atoms with Crippen LogP contribution in [0.25, 0.3) is 0 Å². The van der Waals surface area contributed by atoms with Crippen molar-refractivity contribution < 1.29 is 4.74 Å². The van der Waals surface area contributed by atoms with E-state index < -0.39 is 0 Å². The third kappa shape index (κ3) is 2.54. The van der Waals surface area contributed by atoms with Crippen LogP contribution >= 0.6 is 0 Å². The van der Waals surface area contributed by atoms with Crippen LogP contribution in [0.4, 0.5) is 0 Å². The fourth-order valence-corrected chi connectivity index (χ4v) is 2.05. The number of nitrogens with one attached hydrogen (secondary N) is 1. The minimum atomic E-state index is 0.384. The standard InChI is InChI=1S/C13H20N2O/c1-10(8-14)15-9-11-6-7-16-13-5-3-2-4-12(11)13/h2-5,10-11,15H,6-9,14H2,1H3/t10-,11?/m1/s1. The topological polar surface area (TPSA) is 47.3 Å². The molecule has 88 valence electrons. The van der Waals surface area contributed by atoms with Gasteiger partial charge in [0.05, 0.1) is 6.61 Å². The number of para-hydroxylation sites is 1. The summed E-state index contributed by atoms with van der Waals surface area (Å²) in [5.41, 5.74) is 6.92. The Balaban J connectivity index is 2.01. The van der Waals surface area contributed by atoms with Crippen LogP contribution < -0.4 is 15.8 Å². The summed E-state index contributed by atoms with van der Waals surface area (Å²) in [6.07, 6.45) is 1.08. The van der Waals surface area contributed by atoms with Crippen molar-refractivity contribution in [1.82, 2.24) is 5.32 Å². The van der Waals surface area contributed by atoms with Gasteiger partial charge in [-0.15, -0.1) is 0 Å². The smallest absolute Gasteiger partial charge is 0.122 e. The Morgan fingerprint density at radius 2 is 2.31 bits per heavy atom. The van der Waals surface area contributed by atoms with E-state index in [0.717, 1.165) is 25.3 Å². The molecule has 0 saturated carbocycles. The molecule has 1 aliphatic rings. The fourth-order valence-electron chi connectivity index (χ4n) is 2.05. The molecule has 16 heavy (non-hydrogen) atoms. The van der Waals surface area contributed by atoms with Crippen LogP contribution in [-0.2, 0) is 0 Å². The average Bonchev–Trinajstić information content (AvgIpc) is 2.35. The van der Waals surface area contributed by atoms with Crippen LogP contribution in [0.3, 0.4) is 0 Å². The lowest BCUT2D eigenvalue weighted by Gasteiger charge is -2.27. The molecule has 0 spiro atoms. The highest BCUT2D eigenvalue weighted by Gasteiger charge is 2.20. The maximum absolute atomic E-state index is 5.63. The highest BCUT2D eigenvalue weighted by atomic mass is 16.5. The van der Waals surface area contributed by atoms with Gasteiger partial charge in [0.1, 0.15) is 5.75 Å². The number of fused-ring (bicyclic) bond motifs is 1. The van der Waals surface area contributed by atoms with Crippen molar-refractivity contribution in [3.63, 3.8) is 0 Å². The second kappa shape index (κ2) is 5.32. The molecule has 1 aromatic carbocycles. The lowest BCUT2D eigenvalue weighted by molar-refractivity contribution is 0.263. The summed E-state index contributed by atoms with van der Waals surface area (Å²) >= 11 is 0. The monoisotopic (exact) mass is 220 g/mol. The zero-order valence-electron chi connectivity index (χ0n) is 9.78. The zero-order valence-corrected chi connectivity index (χ0v) is 9.78. The summed E-state index contributed by atoms with van der Waals surface area (Å²) in [7, 11) is 0. The van der Waals surface area contributed by atoms with Crippen molar-refractivity contribution in [3.05, 3.63) is 29.8 Å². The number of benzene rings is 1. The van der Waals surface area contributed by atoms with Crippen LogP contribution in [0.1, 0.15) is 24.8 Å². The molecule has 3 N–H and O–H groups in total. The number of ether oxygens (including phenoxy) is 1. The second-order valence-corrected chi connectivity index (χ2v) is 4.42. The Labute approximate surface area is 97.0 Å². The summed E-state index contributed by atoms with van der Waals surface area (Å²) in [4.78, 5) is 0. The Hall–Kier alpha value is -1.06. The first-order valence-corrected chi connectivity index (χ1v) is 5.96. The van der Waals surface area contributed by atoms with Crippen molar-refractivity contribution in [2.24, 2.45) is 5.73 Å². The second-order valence-electron chi connectivity index (χ2n) is 4.42. The Morgan fingerprint density at radius 3 is 3.12 bits per heavy atom. The van der Waals surface area contributed by atoms with Gasteiger partial charge in [-0.05, 0) is 25.0 Å². The van der Waals surface area contributed by atoms with Gasteiger partial charge in [0.2, 0.25) is 0 Å². The third-order valence-corrected chi connectivity index (χ3v) is 3.15. The van der Waals surface area contributed by atoms with Gasteiger partial charge in [-0.2, -0.15) is 0 Å². The molecule has 0 radical (unpaired) electrons. The largest absolute Gasteiger partial charge is 0.493 e. The summed E-state index contributed by atoms with van der Waals surface area (Å²) < 4.78 is 5.63. The molecule has 1 aliphatic heterocycles. The van der Waals surface area contributed by atoms with Gasteiger partial charge in [0.15, 0.2) is 0 Å². The fraction of sp³-hybridized carbons (Fsp3) is 0.538. The van der Waals surface area contributed by atoms with Gasteiger partial charge in [-0.3, -0.25) is 0 Å². The Bertz CT molecular complexity index is 340. The van der Waals surface area contributed by atoms with E-state index in [1.807, 2.05) is 12.1 Å². The van der Waals surface area contributed by atoms with Gasteiger partial charge in [-0.1, -0.05) is 18.2 Å². The molecule has 1 aromatic rings. The molecule has 1 unspecified atom stereocenters. The summed E-state index contributed by atoms with van der Waals surface area (Å²) in [5.74, 6) is 1.60. The van der Waals surface area contributed by atoms with Gasteiger partial charge in [0, 0.05) is 25.0 Å². The SMILES string of the molecule is C[C@H](CN)NCC1CCOc2ccccc21. The van der Waals surface area contributed by atoms with Crippen LogP contribution in [0.2, 0.25) is 0 Å². The molecule has 1 heterocycles. The van der Waals surface area contributed by atoms with E-state index in [2.05, 4.69) is 24.4 Å². The van der Waals surface area contributed by atoms with E-state index in [-0.39, 0.29) is 0 Å². The summed E-state index contributed by atoms with van der Waals surface area (Å²) in [6, 6.07) is 8.70. The van der Waals surface area contributed by atoms with E-state index in [0.29, 0.717) is 18.5 Å². The van der Waals surface area contributed by atoms with Crippen molar-refractivity contribution >= 4 is 0 Å². The van der Waals surface area contributed by atoms with E-state index in [4.69, 9.17) is 10.5 Å². The van der Waals surface area contributed by atoms with Crippen LogP contribution in [0.5, 0.6) is 5.75 Å². The first-order chi connectivity index (χ1) is 7.81. The highest BCUT2D eigenvalue weighted by Crippen LogP contribution is 2.32. The number of nitrogens with two attached hydrogens (primary N) is 1. The number of rotatable bonds is 4. The van der Waals surface area contributed by atoms with E-state index in [9.17, 15) is 0 Å². The minimum Gasteiger partial charge on any atom is -0.493 e. The molecule has 0 saturated heterocycles. The predicted molar refractivity (Wildman–Crippen MR) is 65.8 cm³/mol. The predicted octanol–water partition coefficient (Wildman–Crippen LogP) is 1.49. The average molecular weight is 220 g/mol. The quantitative estimate of drug-likeness (QED) is 0.808. The number of hydrogen-bond acceptors (Lipinski definition) is 3. The van der Waals surface area contributed by atoms with E-state index >= 15 is 0 Å². The summed E-state index contributed by atoms with van der Waals surface area (Å²) in [5, 5.41) is 3.46. The van der Waals surface area contributed by atoms with E-state index in [1.54, 1.807) is 0 Å². The minimum absolute atomic E-state index is 0.384. The van der Waals surface area contributed by atoms with Gasteiger partial charge in [0.25, 0.3) is 0 Å². The first-order valence-electron chi connectivity index (χ1n) is 5.96. The van der Waals surface area contributed by atoms with Gasteiger partial charge in [-0.25, -0.2) is 0 Å². The van der Waals surface area contributed by atoms with Crippen molar-refractivity contribution in [3.8, 4) is 5.75 Å². The first kappa shape index (κ1) is 11.4. The van der Waals surface area contributed by atoms with Crippen molar-refractivity contribution in [2.75, 3.05) is 19.7 Å². The van der Waals surface area contributed by atoms with Crippen LogP contribution in [-0.4, -0.2) is 25.7 Å². The molecule has 0 aromatic heterocycles. The maximum atomic E-state index is 5.63. The molecule has 0 bridgehead atoms. The normalized spacial score (nSPS) is 21.0. The Morgan fingerprint density at radius 1 is 1.50 bits per heavy atom. The third-order valence-electron chi connectivity index (χ3n) is 3.15. The van der Waals surface area contributed by atoms with Gasteiger partial charge >= 0.3 is 0 Å². The van der Waals surface area contributed by atoms with Crippen molar-refractivity contribution in [2.45, 2.75) is 25.3 Å². The molecule has 0 aliphatic carbocycles. The summed E-state index contributed by atoms with van der Waals surface area (Å²) in [6.45, 7) is 4.61. The highest BCUT2D eigenvalue weighted by molar-refractivity contribution is 5.37. The Kier molecular flexibility index (Phi) is 3.80. The zero-order chi connectivity index (χ0) is 11.4. The molecule has 3 nitrogen and oxygen atoms in total. The lowest BCUT2D eigenvalue weighted by atomic mass is 9.93. The van der Waals surface area contributed by atoms with E-state index in [1.165, 1.54) is 5.56 Å². The van der Waals surface area contributed by atoms with Gasteiger partial charge < -0.3 is 15.8 Å². The van der Waals surface area contributed by atoms with Crippen molar-refractivity contribution in [1.29, 1.82) is 0 Å². The molecular weight excluding hydrogens is 200 g/mol. The molecule has 2 atom stereocenters. The molecule has 0 fully saturated rings. The molecule has 3 heteroatoms. The maximum Gasteiger partial charge on any atom is 0.122 e. The van der Waals surface area contributed by atoms with Crippen LogP contribution in [0.15, 0.2) is 24.3 Å². The number of hydrogen-bond donors (Lipinski definition) is 2. The molecule has 2 rings (SSSR count). The lowest BCUT2D eigenvalue weighted by Crippen LogP contribution is -2.36. The molecular formula is C13H20N2O. The van der Waals surface area contributed by atoms with Crippen LogP contribution in [0, 0.1) is 0 Å². The molecule has 0 amide bonds.